The maximum absolute atomic E-state index is 13.1. The number of rotatable bonds is 5. The molecule has 1 saturated heterocycles. The summed E-state index contributed by atoms with van der Waals surface area (Å²) in [6, 6.07) is 15.7. The second-order valence-corrected chi connectivity index (χ2v) is 8.10. The van der Waals surface area contributed by atoms with Gasteiger partial charge in [-0.1, -0.05) is 30.3 Å². The molecule has 7 heteroatoms. The van der Waals surface area contributed by atoms with Crippen molar-refractivity contribution in [2.75, 3.05) is 26.3 Å². The Morgan fingerprint density at radius 1 is 1.03 bits per heavy atom. The van der Waals surface area contributed by atoms with Crippen molar-refractivity contribution >= 4 is 5.78 Å². The molecule has 31 heavy (non-hydrogen) atoms. The molecular formula is C24H26N4O3. The van der Waals surface area contributed by atoms with Crippen LogP contribution in [0.25, 0.3) is 11.4 Å². The molecule has 0 saturated carbocycles. The molecule has 0 radical (unpaired) electrons. The zero-order valence-electron chi connectivity index (χ0n) is 17.7. The molecule has 5 rings (SSSR count). The minimum atomic E-state index is 0.0323. The molecule has 3 aromatic rings. The number of hydrogen-bond acceptors (Lipinski definition) is 6. The van der Waals surface area contributed by atoms with E-state index in [-0.39, 0.29) is 11.7 Å². The SMILES string of the molecule is Cc1nc(-c2ccccc2)n(CN2CCC(C(=O)c3ccc4c(c3)OCCO4)CC2)n1. The smallest absolute Gasteiger partial charge is 0.166 e. The summed E-state index contributed by atoms with van der Waals surface area (Å²) in [5.41, 5.74) is 1.77. The molecule has 0 atom stereocenters. The zero-order chi connectivity index (χ0) is 21.2. The summed E-state index contributed by atoms with van der Waals surface area (Å²) in [6.07, 6.45) is 1.67. The number of hydrogen-bond donors (Lipinski definition) is 0. The number of aryl methyl sites for hydroxylation is 1. The van der Waals surface area contributed by atoms with E-state index in [9.17, 15) is 4.79 Å². The molecule has 2 aliphatic heterocycles. The Balaban J connectivity index is 1.23. The highest BCUT2D eigenvalue weighted by Crippen LogP contribution is 2.32. The third kappa shape index (κ3) is 4.18. The van der Waals surface area contributed by atoms with Crippen LogP contribution in [-0.2, 0) is 6.67 Å². The first kappa shape index (κ1) is 19.8. The van der Waals surface area contributed by atoms with Gasteiger partial charge in [0.25, 0.3) is 0 Å². The predicted octanol–water partition coefficient (Wildman–Crippen LogP) is 3.58. The third-order valence-electron chi connectivity index (χ3n) is 5.93. The molecule has 160 valence electrons. The van der Waals surface area contributed by atoms with Gasteiger partial charge in [-0.15, -0.1) is 0 Å². The highest BCUT2D eigenvalue weighted by atomic mass is 16.6. The predicted molar refractivity (Wildman–Crippen MR) is 116 cm³/mol. The van der Waals surface area contributed by atoms with Crippen LogP contribution in [-0.4, -0.2) is 51.8 Å². The van der Waals surface area contributed by atoms with Crippen LogP contribution < -0.4 is 9.47 Å². The van der Waals surface area contributed by atoms with E-state index >= 15 is 0 Å². The number of piperidine rings is 1. The van der Waals surface area contributed by atoms with Crippen LogP contribution in [0.15, 0.2) is 48.5 Å². The molecule has 0 N–H and O–H groups in total. The van der Waals surface area contributed by atoms with Gasteiger partial charge in [0.1, 0.15) is 19.0 Å². The van der Waals surface area contributed by atoms with Crippen molar-refractivity contribution in [1.29, 1.82) is 0 Å². The number of nitrogens with zero attached hydrogens (tertiary/aromatic N) is 4. The van der Waals surface area contributed by atoms with E-state index < -0.39 is 0 Å². The van der Waals surface area contributed by atoms with Gasteiger partial charge in [0, 0.05) is 30.1 Å². The lowest BCUT2D eigenvalue weighted by molar-refractivity contribution is 0.0804. The number of carbonyl (C=O) groups is 1. The molecule has 0 aliphatic carbocycles. The molecule has 7 nitrogen and oxygen atoms in total. The molecule has 2 aliphatic rings. The van der Waals surface area contributed by atoms with Gasteiger partial charge in [-0.25, -0.2) is 9.67 Å². The minimum absolute atomic E-state index is 0.0323. The lowest BCUT2D eigenvalue weighted by Crippen LogP contribution is -2.37. The number of carbonyl (C=O) groups excluding carboxylic acids is 1. The number of fused-ring (bicyclic) bond motifs is 1. The summed E-state index contributed by atoms with van der Waals surface area (Å²) < 4.78 is 13.2. The van der Waals surface area contributed by atoms with Gasteiger partial charge in [-0.3, -0.25) is 9.69 Å². The summed E-state index contributed by atoms with van der Waals surface area (Å²) in [5.74, 6) is 3.26. The Hall–Kier alpha value is -3.19. The van der Waals surface area contributed by atoms with E-state index in [1.165, 1.54) is 0 Å². The second-order valence-electron chi connectivity index (χ2n) is 8.10. The van der Waals surface area contributed by atoms with Crippen molar-refractivity contribution in [2.45, 2.75) is 26.4 Å². The summed E-state index contributed by atoms with van der Waals surface area (Å²) >= 11 is 0. The van der Waals surface area contributed by atoms with Crippen molar-refractivity contribution in [3.8, 4) is 22.9 Å². The van der Waals surface area contributed by atoms with Gasteiger partial charge < -0.3 is 9.47 Å². The number of aromatic nitrogens is 3. The van der Waals surface area contributed by atoms with Gasteiger partial charge in [-0.05, 0) is 38.0 Å². The molecule has 0 unspecified atom stereocenters. The topological polar surface area (TPSA) is 69.5 Å². The number of likely N-dealkylation sites (tertiary alicyclic amines) is 1. The van der Waals surface area contributed by atoms with E-state index in [4.69, 9.17) is 9.47 Å². The summed E-state index contributed by atoms with van der Waals surface area (Å²) in [6.45, 7) is 5.38. The van der Waals surface area contributed by atoms with Gasteiger partial charge in [0.05, 0.1) is 6.67 Å². The van der Waals surface area contributed by atoms with Crippen LogP contribution in [0.1, 0.15) is 29.0 Å². The Morgan fingerprint density at radius 3 is 2.55 bits per heavy atom. The molecule has 3 heterocycles. The van der Waals surface area contributed by atoms with Crippen LogP contribution >= 0.6 is 0 Å². The average Bonchev–Trinajstić information content (AvgIpc) is 3.19. The number of ketones is 1. The molecule has 1 aromatic heterocycles. The maximum Gasteiger partial charge on any atom is 0.166 e. The van der Waals surface area contributed by atoms with E-state index in [2.05, 4.69) is 27.1 Å². The third-order valence-corrected chi connectivity index (χ3v) is 5.93. The van der Waals surface area contributed by atoms with Gasteiger partial charge >= 0.3 is 0 Å². The quantitative estimate of drug-likeness (QED) is 0.590. The molecule has 1 fully saturated rings. The van der Waals surface area contributed by atoms with Crippen molar-refractivity contribution in [3.05, 3.63) is 59.9 Å². The van der Waals surface area contributed by atoms with Gasteiger partial charge in [0.15, 0.2) is 23.1 Å². The van der Waals surface area contributed by atoms with Crippen LogP contribution in [0.2, 0.25) is 0 Å². The monoisotopic (exact) mass is 418 g/mol. The first-order valence-corrected chi connectivity index (χ1v) is 10.8. The molecule has 2 aromatic carbocycles. The highest BCUT2D eigenvalue weighted by molar-refractivity contribution is 5.98. The largest absolute Gasteiger partial charge is 0.486 e. The highest BCUT2D eigenvalue weighted by Gasteiger charge is 2.27. The van der Waals surface area contributed by atoms with Crippen LogP contribution in [0, 0.1) is 12.8 Å². The second kappa shape index (κ2) is 8.51. The number of Topliss-reactive ketones (excluding diaryl/α,β-unsaturated/α-hetero) is 1. The Bertz CT molecular complexity index is 1070. The maximum atomic E-state index is 13.1. The number of ether oxygens (including phenoxy) is 2. The number of benzene rings is 2. The van der Waals surface area contributed by atoms with Crippen LogP contribution in [0.3, 0.4) is 0 Å². The Kier molecular flexibility index (Phi) is 5.42. The van der Waals surface area contributed by atoms with Gasteiger partial charge in [0.2, 0.25) is 0 Å². The first-order chi connectivity index (χ1) is 15.2. The van der Waals surface area contributed by atoms with Crippen molar-refractivity contribution < 1.29 is 14.3 Å². The lowest BCUT2D eigenvalue weighted by Gasteiger charge is -2.31. The summed E-state index contributed by atoms with van der Waals surface area (Å²) in [4.78, 5) is 20.0. The normalized spacial score (nSPS) is 16.9. The first-order valence-electron chi connectivity index (χ1n) is 10.8. The van der Waals surface area contributed by atoms with Crippen molar-refractivity contribution in [3.63, 3.8) is 0 Å². The fourth-order valence-electron chi connectivity index (χ4n) is 4.31. The van der Waals surface area contributed by atoms with Crippen LogP contribution in [0.4, 0.5) is 0 Å². The Morgan fingerprint density at radius 2 is 1.77 bits per heavy atom. The molecule has 0 amide bonds. The van der Waals surface area contributed by atoms with Crippen LogP contribution in [0.5, 0.6) is 11.5 Å². The molecule has 0 spiro atoms. The van der Waals surface area contributed by atoms with Gasteiger partial charge in [-0.2, -0.15) is 5.10 Å². The van der Waals surface area contributed by atoms with E-state index in [1.807, 2.05) is 48.0 Å². The van der Waals surface area contributed by atoms with E-state index in [0.717, 1.165) is 48.9 Å². The molecular weight excluding hydrogens is 392 g/mol. The average molecular weight is 418 g/mol. The fraction of sp³-hybridized carbons (Fsp3) is 0.375. The fourth-order valence-corrected chi connectivity index (χ4v) is 4.31. The Labute approximate surface area is 181 Å². The lowest BCUT2D eigenvalue weighted by atomic mass is 9.89. The zero-order valence-corrected chi connectivity index (χ0v) is 17.7. The summed E-state index contributed by atoms with van der Waals surface area (Å²) in [7, 11) is 0. The van der Waals surface area contributed by atoms with Crippen molar-refractivity contribution in [1.82, 2.24) is 19.7 Å². The molecule has 0 bridgehead atoms. The summed E-state index contributed by atoms with van der Waals surface area (Å²) in [5, 5.41) is 4.59. The standard InChI is InChI=1S/C24H26N4O3/c1-17-25-24(19-5-3-2-4-6-19)28(26-17)16-27-11-9-18(10-12-27)23(29)20-7-8-21-22(15-20)31-14-13-30-21/h2-8,15,18H,9-14,16H2,1H3. The van der Waals surface area contributed by atoms with E-state index in [0.29, 0.717) is 31.2 Å². The minimum Gasteiger partial charge on any atom is -0.486 e. The van der Waals surface area contributed by atoms with Crippen molar-refractivity contribution in [2.24, 2.45) is 5.92 Å². The van der Waals surface area contributed by atoms with E-state index in [1.54, 1.807) is 0 Å².